The van der Waals surface area contributed by atoms with Crippen LogP contribution in [0.5, 0.6) is 0 Å². The highest BCUT2D eigenvalue weighted by atomic mass is 16.4. The van der Waals surface area contributed by atoms with Crippen LogP contribution in [0.4, 0.5) is 0 Å². The standard InChI is InChI=1S/C22H16O4/c23-21(24)11-13-9-20-18-8-4-2-6-16(18)14(12-22(25)26)10-19(20)17-7-3-1-5-15(13)17/h1-10H,11-12H2,(H,23,24)(H,25,26). The van der Waals surface area contributed by atoms with Crippen LogP contribution in [0.25, 0.3) is 32.3 Å². The molecule has 4 nitrogen and oxygen atoms in total. The molecule has 0 aromatic heterocycles. The van der Waals surface area contributed by atoms with Gasteiger partial charge in [0.2, 0.25) is 0 Å². The van der Waals surface area contributed by atoms with Crippen LogP contribution in [0.3, 0.4) is 0 Å². The Morgan fingerprint density at radius 1 is 0.577 bits per heavy atom. The predicted molar refractivity (Wildman–Crippen MR) is 102 cm³/mol. The van der Waals surface area contributed by atoms with E-state index < -0.39 is 11.9 Å². The van der Waals surface area contributed by atoms with Gasteiger partial charge in [-0.05, 0) is 55.6 Å². The van der Waals surface area contributed by atoms with Crippen molar-refractivity contribution in [3.05, 3.63) is 71.8 Å². The fraction of sp³-hybridized carbons (Fsp3) is 0.0909. The van der Waals surface area contributed by atoms with E-state index in [1.165, 1.54) is 0 Å². The Hall–Kier alpha value is -3.40. The van der Waals surface area contributed by atoms with Gasteiger partial charge in [-0.25, -0.2) is 0 Å². The second-order valence-corrected chi connectivity index (χ2v) is 6.40. The average Bonchev–Trinajstić information content (AvgIpc) is 2.62. The molecule has 0 bridgehead atoms. The van der Waals surface area contributed by atoms with Crippen molar-refractivity contribution in [2.24, 2.45) is 0 Å². The van der Waals surface area contributed by atoms with Crippen molar-refractivity contribution in [1.82, 2.24) is 0 Å². The lowest BCUT2D eigenvalue weighted by Gasteiger charge is -2.14. The maximum absolute atomic E-state index is 11.3. The molecule has 0 saturated carbocycles. The van der Waals surface area contributed by atoms with Crippen molar-refractivity contribution >= 4 is 44.3 Å². The highest BCUT2D eigenvalue weighted by Gasteiger charge is 2.14. The first-order valence-electron chi connectivity index (χ1n) is 8.33. The van der Waals surface area contributed by atoms with E-state index in [2.05, 4.69) is 0 Å². The minimum atomic E-state index is -0.874. The average molecular weight is 344 g/mol. The van der Waals surface area contributed by atoms with Gasteiger partial charge in [-0.1, -0.05) is 48.5 Å². The zero-order chi connectivity index (χ0) is 18.3. The topological polar surface area (TPSA) is 74.6 Å². The molecular weight excluding hydrogens is 328 g/mol. The van der Waals surface area contributed by atoms with Crippen molar-refractivity contribution in [2.75, 3.05) is 0 Å². The number of carboxylic acids is 2. The number of carbonyl (C=O) groups is 2. The summed E-state index contributed by atoms with van der Waals surface area (Å²) >= 11 is 0. The monoisotopic (exact) mass is 344 g/mol. The van der Waals surface area contributed by atoms with E-state index in [-0.39, 0.29) is 12.8 Å². The second kappa shape index (κ2) is 6.15. The minimum Gasteiger partial charge on any atom is -0.481 e. The molecule has 4 aromatic carbocycles. The first kappa shape index (κ1) is 16.1. The summed E-state index contributed by atoms with van der Waals surface area (Å²) in [6.07, 6.45) is -0.108. The van der Waals surface area contributed by atoms with Crippen LogP contribution in [0, 0.1) is 0 Å². The third-order valence-corrected chi connectivity index (χ3v) is 4.74. The fourth-order valence-electron chi connectivity index (χ4n) is 3.72. The molecule has 0 radical (unpaired) electrons. The summed E-state index contributed by atoms with van der Waals surface area (Å²) in [7, 11) is 0. The molecular formula is C22H16O4. The van der Waals surface area contributed by atoms with Gasteiger partial charge in [0.05, 0.1) is 12.8 Å². The summed E-state index contributed by atoms with van der Waals surface area (Å²) in [5.41, 5.74) is 1.52. The maximum atomic E-state index is 11.3. The van der Waals surface area contributed by atoms with Gasteiger partial charge in [-0.2, -0.15) is 0 Å². The lowest BCUT2D eigenvalue weighted by molar-refractivity contribution is -0.137. The van der Waals surface area contributed by atoms with Crippen LogP contribution in [0.1, 0.15) is 11.1 Å². The normalized spacial score (nSPS) is 11.2. The number of fused-ring (bicyclic) bond motifs is 5. The fourth-order valence-corrected chi connectivity index (χ4v) is 3.72. The summed E-state index contributed by atoms with van der Waals surface area (Å²) in [6, 6.07) is 19.2. The maximum Gasteiger partial charge on any atom is 0.307 e. The Kier molecular flexibility index (Phi) is 3.81. The van der Waals surface area contributed by atoms with Crippen LogP contribution >= 0.6 is 0 Å². The number of rotatable bonds is 4. The van der Waals surface area contributed by atoms with E-state index in [0.29, 0.717) is 0 Å². The Labute approximate surface area is 149 Å². The van der Waals surface area contributed by atoms with Gasteiger partial charge in [0.25, 0.3) is 0 Å². The molecule has 0 amide bonds. The summed E-state index contributed by atoms with van der Waals surface area (Å²) in [6.45, 7) is 0. The van der Waals surface area contributed by atoms with Crippen molar-refractivity contribution < 1.29 is 19.8 Å². The smallest absolute Gasteiger partial charge is 0.307 e. The zero-order valence-corrected chi connectivity index (χ0v) is 13.9. The highest BCUT2D eigenvalue weighted by Crippen LogP contribution is 2.35. The number of hydrogen-bond donors (Lipinski definition) is 2. The minimum absolute atomic E-state index is 0.0539. The highest BCUT2D eigenvalue weighted by molar-refractivity contribution is 6.19. The van der Waals surface area contributed by atoms with Crippen LogP contribution in [0.2, 0.25) is 0 Å². The summed E-state index contributed by atoms with van der Waals surface area (Å²) in [5, 5.41) is 24.1. The molecule has 4 heteroatoms. The van der Waals surface area contributed by atoms with E-state index in [1.807, 2.05) is 60.7 Å². The predicted octanol–water partition coefficient (Wildman–Crippen LogP) is 4.40. The Bertz CT molecular complexity index is 1100. The first-order valence-corrected chi connectivity index (χ1v) is 8.33. The van der Waals surface area contributed by atoms with Gasteiger partial charge in [0.1, 0.15) is 0 Å². The van der Waals surface area contributed by atoms with E-state index in [1.54, 1.807) is 0 Å². The quantitative estimate of drug-likeness (QED) is 0.538. The molecule has 0 atom stereocenters. The van der Waals surface area contributed by atoms with Gasteiger partial charge < -0.3 is 10.2 Å². The molecule has 0 unspecified atom stereocenters. The number of carboxylic acid groups (broad SMARTS) is 2. The summed E-state index contributed by atoms with van der Waals surface area (Å²) in [4.78, 5) is 22.6. The summed E-state index contributed by atoms with van der Waals surface area (Å²) in [5.74, 6) is -1.75. The van der Waals surface area contributed by atoms with E-state index >= 15 is 0 Å². The van der Waals surface area contributed by atoms with Crippen molar-refractivity contribution in [3.63, 3.8) is 0 Å². The molecule has 0 aliphatic heterocycles. The van der Waals surface area contributed by atoms with Crippen LogP contribution < -0.4 is 0 Å². The van der Waals surface area contributed by atoms with Crippen LogP contribution in [-0.4, -0.2) is 22.2 Å². The SMILES string of the molecule is O=C(O)Cc1cc2c3ccccc3c(CC(=O)O)cc2c2ccccc12. The molecule has 4 rings (SSSR count). The molecule has 128 valence electrons. The van der Waals surface area contributed by atoms with Gasteiger partial charge >= 0.3 is 11.9 Å². The molecule has 0 heterocycles. The van der Waals surface area contributed by atoms with Gasteiger partial charge in [-0.15, -0.1) is 0 Å². The molecule has 4 aromatic rings. The first-order chi connectivity index (χ1) is 12.5. The summed E-state index contributed by atoms with van der Waals surface area (Å²) < 4.78 is 0. The number of aliphatic carboxylic acids is 2. The Morgan fingerprint density at radius 2 is 0.923 bits per heavy atom. The lowest BCUT2D eigenvalue weighted by Crippen LogP contribution is -2.03. The molecule has 0 spiro atoms. The molecule has 26 heavy (non-hydrogen) atoms. The molecule has 0 fully saturated rings. The lowest BCUT2D eigenvalue weighted by atomic mass is 9.90. The van der Waals surface area contributed by atoms with Crippen molar-refractivity contribution in [2.45, 2.75) is 12.8 Å². The molecule has 0 saturated heterocycles. The third kappa shape index (κ3) is 2.65. The van der Waals surface area contributed by atoms with Crippen molar-refractivity contribution in [1.29, 1.82) is 0 Å². The largest absolute Gasteiger partial charge is 0.481 e. The number of benzene rings is 4. The van der Waals surface area contributed by atoms with Crippen molar-refractivity contribution in [3.8, 4) is 0 Å². The van der Waals surface area contributed by atoms with Gasteiger partial charge in [-0.3, -0.25) is 9.59 Å². The molecule has 0 aliphatic carbocycles. The second-order valence-electron chi connectivity index (χ2n) is 6.40. The Balaban J connectivity index is 2.18. The van der Waals surface area contributed by atoms with Crippen LogP contribution in [0.15, 0.2) is 60.7 Å². The molecule has 0 aliphatic rings. The van der Waals surface area contributed by atoms with E-state index in [4.69, 9.17) is 0 Å². The van der Waals surface area contributed by atoms with Crippen LogP contribution in [-0.2, 0) is 22.4 Å². The molecule has 2 N–H and O–H groups in total. The van der Waals surface area contributed by atoms with E-state index in [9.17, 15) is 19.8 Å². The number of hydrogen-bond acceptors (Lipinski definition) is 2. The third-order valence-electron chi connectivity index (χ3n) is 4.74. The van der Waals surface area contributed by atoms with E-state index in [0.717, 1.165) is 43.4 Å². The Morgan fingerprint density at radius 3 is 1.27 bits per heavy atom. The van der Waals surface area contributed by atoms with Gasteiger partial charge in [0, 0.05) is 0 Å². The zero-order valence-electron chi connectivity index (χ0n) is 13.9. The van der Waals surface area contributed by atoms with Gasteiger partial charge in [0.15, 0.2) is 0 Å².